The van der Waals surface area contributed by atoms with Crippen molar-refractivity contribution in [1.82, 2.24) is 29.8 Å². The molecule has 0 saturated heterocycles. The Kier molecular flexibility index (Phi) is 4.94. The fraction of sp³-hybridized carbons (Fsp3) is 0.238. The molecular weight excluding hydrogens is 387 g/mol. The van der Waals surface area contributed by atoms with Crippen molar-refractivity contribution >= 4 is 5.91 Å². The van der Waals surface area contributed by atoms with Crippen molar-refractivity contribution in [2.45, 2.75) is 32.7 Å². The lowest BCUT2D eigenvalue weighted by Gasteiger charge is -2.11. The number of carbonyl (C=O) groups is 1. The lowest BCUT2D eigenvalue weighted by molar-refractivity contribution is 0.0949. The Labute approximate surface area is 172 Å². The monoisotopic (exact) mass is 408 g/mol. The molecular formula is C21H21FN6O2. The molecule has 0 aliphatic rings. The van der Waals surface area contributed by atoms with Crippen LogP contribution in [0.4, 0.5) is 4.39 Å². The minimum atomic E-state index is -0.346. The summed E-state index contributed by atoms with van der Waals surface area (Å²) >= 11 is 0. The van der Waals surface area contributed by atoms with Gasteiger partial charge in [-0.25, -0.2) is 9.07 Å². The Balaban J connectivity index is 1.61. The van der Waals surface area contributed by atoms with E-state index in [4.69, 9.17) is 4.52 Å². The highest BCUT2D eigenvalue weighted by Gasteiger charge is 2.23. The van der Waals surface area contributed by atoms with Crippen LogP contribution in [0.1, 0.15) is 42.8 Å². The molecule has 154 valence electrons. The maximum Gasteiger partial charge on any atom is 0.257 e. The summed E-state index contributed by atoms with van der Waals surface area (Å²) in [5, 5.41) is 11.1. The van der Waals surface area contributed by atoms with Crippen molar-refractivity contribution in [3.05, 3.63) is 78.1 Å². The largest absolute Gasteiger partial charge is 0.344 e. The molecule has 0 aliphatic heterocycles. The zero-order valence-corrected chi connectivity index (χ0v) is 16.8. The van der Waals surface area contributed by atoms with Gasteiger partial charge in [0.2, 0.25) is 5.89 Å². The van der Waals surface area contributed by atoms with E-state index in [-0.39, 0.29) is 23.7 Å². The van der Waals surface area contributed by atoms with Crippen molar-refractivity contribution in [3.8, 4) is 11.5 Å². The molecule has 30 heavy (non-hydrogen) atoms. The minimum Gasteiger partial charge on any atom is -0.344 e. The number of benzene rings is 1. The molecule has 9 heteroatoms. The van der Waals surface area contributed by atoms with E-state index in [1.165, 1.54) is 18.3 Å². The van der Waals surface area contributed by atoms with Gasteiger partial charge in [0, 0.05) is 17.8 Å². The smallest absolute Gasteiger partial charge is 0.257 e. The van der Waals surface area contributed by atoms with Gasteiger partial charge in [-0.2, -0.15) is 10.1 Å². The molecule has 3 heterocycles. The van der Waals surface area contributed by atoms with E-state index < -0.39 is 0 Å². The van der Waals surface area contributed by atoms with Gasteiger partial charge in [-0.15, -0.1) is 0 Å². The first-order valence-electron chi connectivity index (χ1n) is 9.41. The molecule has 1 aromatic carbocycles. The van der Waals surface area contributed by atoms with Gasteiger partial charge in [-0.3, -0.25) is 4.79 Å². The summed E-state index contributed by atoms with van der Waals surface area (Å²) in [6.07, 6.45) is 5.09. The fourth-order valence-electron chi connectivity index (χ4n) is 2.88. The van der Waals surface area contributed by atoms with Gasteiger partial charge >= 0.3 is 0 Å². The summed E-state index contributed by atoms with van der Waals surface area (Å²) in [5.41, 5.74) is 0.717. The van der Waals surface area contributed by atoms with Gasteiger partial charge in [0.1, 0.15) is 11.4 Å². The van der Waals surface area contributed by atoms with Gasteiger partial charge in [-0.1, -0.05) is 25.9 Å². The molecule has 4 rings (SSSR count). The van der Waals surface area contributed by atoms with Crippen LogP contribution in [-0.2, 0) is 12.0 Å². The molecule has 0 bridgehead atoms. The Morgan fingerprint density at radius 2 is 1.87 bits per heavy atom. The lowest BCUT2D eigenvalue weighted by atomic mass is 9.97. The number of amides is 1. The molecule has 1 N–H and O–H groups in total. The van der Waals surface area contributed by atoms with Gasteiger partial charge in [-0.05, 0) is 36.4 Å². The highest BCUT2D eigenvalue weighted by Crippen LogP contribution is 2.21. The van der Waals surface area contributed by atoms with E-state index in [0.29, 0.717) is 28.8 Å². The van der Waals surface area contributed by atoms with Crippen molar-refractivity contribution < 1.29 is 13.7 Å². The van der Waals surface area contributed by atoms with Crippen molar-refractivity contribution in [1.29, 1.82) is 0 Å². The maximum absolute atomic E-state index is 13.3. The quantitative estimate of drug-likeness (QED) is 0.546. The second-order valence-corrected chi connectivity index (χ2v) is 7.81. The van der Waals surface area contributed by atoms with Crippen LogP contribution in [0.15, 0.2) is 59.5 Å². The topological polar surface area (TPSA) is 90.8 Å². The highest BCUT2D eigenvalue weighted by atomic mass is 19.1. The fourth-order valence-corrected chi connectivity index (χ4v) is 2.88. The van der Waals surface area contributed by atoms with Crippen LogP contribution in [0, 0.1) is 5.82 Å². The Morgan fingerprint density at radius 1 is 1.17 bits per heavy atom. The summed E-state index contributed by atoms with van der Waals surface area (Å²) in [7, 11) is 0. The molecule has 3 aromatic heterocycles. The molecule has 4 aromatic rings. The van der Waals surface area contributed by atoms with Crippen LogP contribution in [0.2, 0.25) is 0 Å². The second kappa shape index (κ2) is 7.58. The SMILES string of the molecule is CC(C)(C)c1nc(CNC(=O)c2cnn(-c3ccc(F)cc3)c2-n2cccc2)no1. The molecule has 0 saturated carbocycles. The Morgan fingerprint density at radius 3 is 2.50 bits per heavy atom. The standard InChI is InChI=1S/C21H21FN6O2/c1-21(2,3)20-25-17(26-30-20)13-23-18(29)16-12-24-28(15-8-6-14(22)7-9-15)19(16)27-10-4-5-11-27/h4-12H,13H2,1-3H3,(H,23,29). The third-order valence-corrected chi connectivity index (χ3v) is 4.43. The van der Waals surface area contributed by atoms with Crippen LogP contribution < -0.4 is 5.32 Å². The van der Waals surface area contributed by atoms with Crippen molar-refractivity contribution in [2.24, 2.45) is 0 Å². The minimum absolute atomic E-state index is 0.116. The zero-order chi connectivity index (χ0) is 21.3. The normalized spacial score (nSPS) is 11.6. The number of nitrogens with zero attached hydrogens (tertiary/aromatic N) is 5. The highest BCUT2D eigenvalue weighted by molar-refractivity contribution is 5.97. The average molecular weight is 408 g/mol. The summed E-state index contributed by atoms with van der Waals surface area (Å²) in [4.78, 5) is 17.2. The van der Waals surface area contributed by atoms with E-state index in [9.17, 15) is 9.18 Å². The second-order valence-electron chi connectivity index (χ2n) is 7.81. The van der Waals surface area contributed by atoms with Gasteiger partial charge in [0.15, 0.2) is 11.6 Å². The summed E-state index contributed by atoms with van der Waals surface area (Å²) in [6, 6.07) is 9.58. The van der Waals surface area contributed by atoms with E-state index in [0.717, 1.165) is 0 Å². The first kappa shape index (κ1) is 19.6. The molecule has 0 atom stereocenters. The summed E-state index contributed by atoms with van der Waals surface area (Å²) in [6.45, 7) is 6.02. The van der Waals surface area contributed by atoms with Crippen molar-refractivity contribution in [3.63, 3.8) is 0 Å². The first-order valence-corrected chi connectivity index (χ1v) is 9.41. The Hall–Kier alpha value is -3.75. The van der Waals surface area contributed by atoms with E-state index in [2.05, 4.69) is 20.6 Å². The third kappa shape index (κ3) is 3.86. The number of halogens is 1. The van der Waals surface area contributed by atoms with Crippen LogP contribution in [0.25, 0.3) is 11.5 Å². The van der Waals surface area contributed by atoms with Gasteiger partial charge in [0.05, 0.1) is 18.4 Å². The zero-order valence-electron chi connectivity index (χ0n) is 16.8. The summed E-state index contributed by atoms with van der Waals surface area (Å²) in [5.74, 6) is 0.744. The Bertz CT molecular complexity index is 1150. The number of hydrogen-bond acceptors (Lipinski definition) is 5. The lowest BCUT2D eigenvalue weighted by Crippen LogP contribution is -2.24. The number of hydrogen-bond donors (Lipinski definition) is 1. The van der Waals surface area contributed by atoms with Crippen LogP contribution in [-0.4, -0.2) is 30.4 Å². The number of rotatable bonds is 5. The van der Waals surface area contributed by atoms with E-state index in [1.54, 1.807) is 21.4 Å². The maximum atomic E-state index is 13.3. The number of nitrogens with one attached hydrogen (secondary N) is 1. The van der Waals surface area contributed by atoms with E-state index in [1.807, 2.05) is 45.3 Å². The van der Waals surface area contributed by atoms with Crippen LogP contribution in [0.5, 0.6) is 0 Å². The molecule has 0 aliphatic carbocycles. The predicted octanol–water partition coefficient (Wildman–Crippen LogP) is 3.41. The number of carbonyl (C=O) groups excluding carboxylic acids is 1. The van der Waals surface area contributed by atoms with E-state index >= 15 is 0 Å². The van der Waals surface area contributed by atoms with Crippen LogP contribution in [0.3, 0.4) is 0 Å². The molecule has 0 unspecified atom stereocenters. The molecule has 0 fully saturated rings. The van der Waals surface area contributed by atoms with Crippen molar-refractivity contribution in [2.75, 3.05) is 0 Å². The molecule has 0 radical (unpaired) electrons. The molecule has 0 spiro atoms. The number of aromatic nitrogens is 5. The summed E-state index contributed by atoms with van der Waals surface area (Å²) < 4.78 is 21.9. The molecule has 1 amide bonds. The molecule has 8 nitrogen and oxygen atoms in total. The van der Waals surface area contributed by atoms with Crippen LogP contribution >= 0.6 is 0 Å². The van der Waals surface area contributed by atoms with Gasteiger partial charge in [0.25, 0.3) is 5.91 Å². The third-order valence-electron chi connectivity index (χ3n) is 4.43. The average Bonchev–Trinajstić information content (AvgIpc) is 3.45. The first-order chi connectivity index (χ1) is 14.3. The predicted molar refractivity (Wildman–Crippen MR) is 107 cm³/mol. The van der Waals surface area contributed by atoms with Gasteiger partial charge < -0.3 is 14.4 Å².